The molecule has 5 heteroatoms. The van der Waals surface area contributed by atoms with Gasteiger partial charge in [0, 0.05) is 6.07 Å². The number of nitrogens with two attached hydrogens (primary N) is 2. The first-order valence-corrected chi connectivity index (χ1v) is 5.11. The second kappa shape index (κ2) is 4.61. The van der Waals surface area contributed by atoms with Gasteiger partial charge in [0.2, 0.25) is 0 Å². The fourth-order valence-electron chi connectivity index (χ4n) is 1.42. The van der Waals surface area contributed by atoms with E-state index in [-0.39, 0.29) is 0 Å². The van der Waals surface area contributed by atoms with Crippen molar-refractivity contribution in [3.8, 4) is 5.75 Å². The number of pyridine rings is 1. The van der Waals surface area contributed by atoms with Gasteiger partial charge >= 0.3 is 0 Å². The average molecular weight is 230 g/mol. The summed E-state index contributed by atoms with van der Waals surface area (Å²) in [4.78, 5) is 3.99. The number of hydrogen-bond acceptors (Lipinski definition) is 5. The molecule has 0 atom stereocenters. The lowest BCUT2D eigenvalue weighted by Crippen LogP contribution is -1.98. The monoisotopic (exact) mass is 230 g/mol. The van der Waals surface area contributed by atoms with Crippen molar-refractivity contribution in [2.24, 2.45) is 0 Å². The Morgan fingerprint density at radius 2 is 2.00 bits per heavy atom. The molecule has 0 fully saturated rings. The summed E-state index contributed by atoms with van der Waals surface area (Å²) in [6.07, 6.45) is 1.65. The minimum absolute atomic E-state index is 0.484. The van der Waals surface area contributed by atoms with E-state index in [0.717, 1.165) is 17.1 Å². The van der Waals surface area contributed by atoms with Crippen molar-refractivity contribution in [2.45, 2.75) is 0 Å². The Bertz CT molecular complexity index is 510. The molecule has 5 nitrogen and oxygen atoms in total. The van der Waals surface area contributed by atoms with Gasteiger partial charge in [0.25, 0.3) is 0 Å². The molecular formula is C12H14N4O. The van der Waals surface area contributed by atoms with Crippen LogP contribution in [-0.2, 0) is 0 Å². The van der Waals surface area contributed by atoms with Crippen LogP contribution in [0.25, 0.3) is 0 Å². The summed E-state index contributed by atoms with van der Waals surface area (Å²) in [6.45, 7) is 0. The van der Waals surface area contributed by atoms with Crippen LogP contribution >= 0.6 is 0 Å². The molecule has 0 aliphatic rings. The largest absolute Gasteiger partial charge is 0.497 e. The van der Waals surface area contributed by atoms with Crippen molar-refractivity contribution < 1.29 is 4.74 Å². The van der Waals surface area contributed by atoms with Crippen molar-refractivity contribution in [3.63, 3.8) is 0 Å². The predicted molar refractivity (Wildman–Crippen MR) is 69.3 cm³/mol. The molecule has 1 aromatic heterocycles. The van der Waals surface area contributed by atoms with Gasteiger partial charge in [-0.25, -0.2) is 4.98 Å². The quantitative estimate of drug-likeness (QED) is 0.702. The van der Waals surface area contributed by atoms with Crippen LogP contribution in [0.3, 0.4) is 0 Å². The summed E-state index contributed by atoms with van der Waals surface area (Å²) in [5.41, 5.74) is 13.6. The van der Waals surface area contributed by atoms with Gasteiger partial charge in [-0.1, -0.05) is 0 Å². The number of nitrogen functional groups attached to an aromatic ring is 2. The minimum Gasteiger partial charge on any atom is -0.497 e. The smallest absolute Gasteiger partial charge is 0.123 e. The molecule has 5 N–H and O–H groups in total. The molecule has 0 aliphatic carbocycles. The lowest BCUT2D eigenvalue weighted by Gasteiger charge is -2.10. The SMILES string of the molecule is COc1ccc(Nc2ccc(N)nc2)c(N)c1. The Balaban J connectivity index is 2.21. The van der Waals surface area contributed by atoms with E-state index < -0.39 is 0 Å². The molecule has 1 heterocycles. The number of benzene rings is 1. The zero-order chi connectivity index (χ0) is 12.3. The molecular weight excluding hydrogens is 216 g/mol. The number of rotatable bonds is 3. The molecule has 88 valence electrons. The van der Waals surface area contributed by atoms with Gasteiger partial charge in [0.05, 0.1) is 30.4 Å². The third-order valence-electron chi connectivity index (χ3n) is 2.32. The second-order valence-electron chi connectivity index (χ2n) is 3.55. The van der Waals surface area contributed by atoms with E-state index >= 15 is 0 Å². The maximum atomic E-state index is 5.89. The van der Waals surface area contributed by atoms with Gasteiger partial charge in [0.15, 0.2) is 0 Å². The molecule has 1 aromatic carbocycles. The van der Waals surface area contributed by atoms with Crippen LogP contribution in [0.15, 0.2) is 36.5 Å². The summed E-state index contributed by atoms with van der Waals surface area (Å²) in [5, 5.41) is 3.15. The lowest BCUT2D eigenvalue weighted by atomic mass is 10.2. The van der Waals surface area contributed by atoms with E-state index in [4.69, 9.17) is 16.2 Å². The lowest BCUT2D eigenvalue weighted by molar-refractivity contribution is 0.415. The average Bonchev–Trinajstić information content (AvgIpc) is 2.34. The highest BCUT2D eigenvalue weighted by Gasteiger charge is 2.01. The first-order valence-electron chi connectivity index (χ1n) is 5.11. The normalized spacial score (nSPS) is 9.94. The number of nitrogens with one attached hydrogen (secondary N) is 1. The molecule has 0 saturated heterocycles. The van der Waals surface area contributed by atoms with E-state index in [2.05, 4.69) is 10.3 Å². The molecule has 2 aromatic rings. The van der Waals surface area contributed by atoms with Crippen molar-refractivity contribution >= 4 is 22.9 Å². The van der Waals surface area contributed by atoms with Crippen molar-refractivity contribution in [1.29, 1.82) is 0 Å². The van der Waals surface area contributed by atoms with E-state index in [1.807, 2.05) is 18.2 Å². The topological polar surface area (TPSA) is 86.2 Å². The maximum absolute atomic E-state index is 5.89. The van der Waals surface area contributed by atoms with E-state index in [0.29, 0.717) is 11.5 Å². The number of nitrogens with zero attached hydrogens (tertiary/aromatic N) is 1. The van der Waals surface area contributed by atoms with E-state index in [1.165, 1.54) is 0 Å². The zero-order valence-corrected chi connectivity index (χ0v) is 9.47. The summed E-state index contributed by atoms with van der Waals surface area (Å²) >= 11 is 0. The Labute approximate surface area is 99.4 Å². The second-order valence-corrected chi connectivity index (χ2v) is 3.55. The van der Waals surface area contributed by atoms with Crippen LogP contribution in [0, 0.1) is 0 Å². The van der Waals surface area contributed by atoms with Gasteiger partial charge < -0.3 is 21.5 Å². The third kappa shape index (κ3) is 2.57. The highest BCUT2D eigenvalue weighted by Crippen LogP contribution is 2.26. The number of anilines is 4. The molecule has 17 heavy (non-hydrogen) atoms. The van der Waals surface area contributed by atoms with Crippen LogP contribution < -0.4 is 21.5 Å². The maximum Gasteiger partial charge on any atom is 0.123 e. The predicted octanol–water partition coefficient (Wildman–Crippen LogP) is 2.00. The Morgan fingerprint density at radius 3 is 2.59 bits per heavy atom. The molecule has 0 bridgehead atoms. The summed E-state index contributed by atoms with van der Waals surface area (Å²) < 4.78 is 5.08. The number of hydrogen-bond donors (Lipinski definition) is 3. The molecule has 0 amide bonds. The van der Waals surface area contributed by atoms with Crippen LogP contribution in [0.4, 0.5) is 22.9 Å². The molecule has 0 radical (unpaired) electrons. The zero-order valence-electron chi connectivity index (χ0n) is 9.47. The molecule has 0 saturated carbocycles. The summed E-state index contributed by atoms with van der Waals surface area (Å²) in [5.74, 6) is 1.21. The fraction of sp³-hybridized carbons (Fsp3) is 0.0833. The van der Waals surface area contributed by atoms with E-state index in [9.17, 15) is 0 Å². The molecule has 2 rings (SSSR count). The first-order chi connectivity index (χ1) is 8.19. The van der Waals surface area contributed by atoms with Gasteiger partial charge in [-0.3, -0.25) is 0 Å². The standard InChI is InChI=1S/C12H14N4O/c1-17-9-3-4-11(10(13)6-9)16-8-2-5-12(14)15-7-8/h2-7,16H,13H2,1H3,(H2,14,15). The minimum atomic E-state index is 0.484. The van der Waals surface area contributed by atoms with Gasteiger partial charge in [-0.15, -0.1) is 0 Å². The Morgan fingerprint density at radius 1 is 1.18 bits per heavy atom. The van der Waals surface area contributed by atoms with Crippen LogP contribution in [0.2, 0.25) is 0 Å². The Kier molecular flexibility index (Phi) is 3.00. The number of aromatic nitrogens is 1. The van der Waals surface area contributed by atoms with Crippen molar-refractivity contribution in [1.82, 2.24) is 4.98 Å². The molecule has 0 spiro atoms. The van der Waals surface area contributed by atoms with Crippen LogP contribution in [0.5, 0.6) is 5.75 Å². The Hall–Kier alpha value is -2.43. The van der Waals surface area contributed by atoms with Crippen LogP contribution in [-0.4, -0.2) is 12.1 Å². The van der Waals surface area contributed by atoms with Gasteiger partial charge in [-0.2, -0.15) is 0 Å². The first kappa shape index (κ1) is 11.1. The third-order valence-corrected chi connectivity index (χ3v) is 2.32. The van der Waals surface area contributed by atoms with Gasteiger partial charge in [0.1, 0.15) is 11.6 Å². The van der Waals surface area contributed by atoms with Crippen molar-refractivity contribution in [2.75, 3.05) is 23.9 Å². The highest BCUT2D eigenvalue weighted by molar-refractivity contribution is 5.73. The summed E-state index contributed by atoms with van der Waals surface area (Å²) in [7, 11) is 1.60. The fourth-order valence-corrected chi connectivity index (χ4v) is 1.42. The van der Waals surface area contributed by atoms with Crippen LogP contribution in [0.1, 0.15) is 0 Å². The molecule has 0 aliphatic heterocycles. The summed E-state index contributed by atoms with van der Waals surface area (Å²) in [6, 6.07) is 9.01. The van der Waals surface area contributed by atoms with Gasteiger partial charge in [-0.05, 0) is 24.3 Å². The number of methoxy groups -OCH3 is 1. The van der Waals surface area contributed by atoms with Crippen molar-refractivity contribution in [3.05, 3.63) is 36.5 Å². The van der Waals surface area contributed by atoms with E-state index in [1.54, 1.807) is 25.4 Å². The molecule has 0 unspecified atom stereocenters. The number of ether oxygens (including phenoxy) is 1. The highest BCUT2D eigenvalue weighted by atomic mass is 16.5.